The number of furan rings is 1. The van der Waals surface area contributed by atoms with Crippen LogP contribution in [0.5, 0.6) is 0 Å². The minimum Gasteiger partial charge on any atom is -0.467 e. The van der Waals surface area contributed by atoms with Crippen molar-refractivity contribution in [2.75, 3.05) is 0 Å². The molecule has 5 nitrogen and oxygen atoms in total. The lowest BCUT2D eigenvalue weighted by molar-refractivity contribution is -0.130. The molecule has 1 aromatic heterocycles. The monoisotopic (exact) mass is 310 g/mol. The summed E-state index contributed by atoms with van der Waals surface area (Å²) in [7, 11) is 0. The summed E-state index contributed by atoms with van der Waals surface area (Å²) in [4.78, 5) is 25.7. The van der Waals surface area contributed by atoms with Crippen LogP contribution < -0.4 is 5.32 Å². The third-order valence-corrected chi connectivity index (χ3v) is 3.89. The molecule has 0 unspecified atom stereocenters. The van der Waals surface area contributed by atoms with Crippen LogP contribution in [-0.2, 0) is 16.1 Å². The summed E-state index contributed by atoms with van der Waals surface area (Å²) in [5.74, 6) is 0.494. The zero-order chi connectivity index (χ0) is 16.2. The second kappa shape index (κ2) is 6.52. The van der Waals surface area contributed by atoms with Crippen LogP contribution in [0, 0.1) is 0 Å². The lowest BCUT2D eigenvalue weighted by atomic mass is 9.93. The summed E-state index contributed by atoms with van der Waals surface area (Å²) in [5.41, 5.74) is 2.02. The van der Waals surface area contributed by atoms with Gasteiger partial charge in [-0.3, -0.25) is 9.59 Å². The first kappa shape index (κ1) is 15.1. The summed E-state index contributed by atoms with van der Waals surface area (Å²) in [6.45, 7) is 1.85. The van der Waals surface area contributed by atoms with E-state index in [0.29, 0.717) is 12.3 Å². The van der Waals surface area contributed by atoms with Crippen molar-refractivity contribution in [1.82, 2.24) is 10.2 Å². The van der Waals surface area contributed by atoms with E-state index < -0.39 is 0 Å². The van der Waals surface area contributed by atoms with Crippen LogP contribution in [0.3, 0.4) is 0 Å². The van der Waals surface area contributed by atoms with Crippen molar-refractivity contribution in [3.63, 3.8) is 0 Å². The fourth-order valence-electron chi connectivity index (χ4n) is 2.76. The van der Waals surface area contributed by atoms with Crippen molar-refractivity contribution in [3.8, 4) is 0 Å². The molecule has 0 spiro atoms. The van der Waals surface area contributed by atoms with Gasteiger partial charge in [0.2, 0.25) is 11.8 Å². The van der Waals surface area contributed by atoms with Gasteiger partial charge in [0.05, 0.1) is 25.3 Å². The Kier molecular flexibility index (Phi) is 4.28. The van der Waals surface area contributed by atoms with Crippen LogP contribution in [0.25, 0.3) is 6.08 Å². The first-order valence-electron chi connectivity index (χ1n) is 7.50. The Morgan fingerprint density at radius 2 is 2.04 bits per heavy atom. The molecule has 118 valence electrons. The first-order chi connectivity index (χ1) is 11.1. The van der Waals surface area contributed by atoms with Crippen LogP contribution in [0.1, 0.15) is 36.3 Å². The molecule has 0 aliphatic carbocycles. The molecule has 2 aromatic rings. The van der Waals surface area contributed by atoms with Gasteiger partial charge in [-0.25, -0.2) is 0 Å². The zero-order valence-electron chi connectivity index (χ0n) is 12.9. The SMILES string of the molecule is CC(=O)N1C=Cc2ccccc2[C@@H]1CC(=O)NCc1ccco1. The highest BCUT2D eigenvalue weighted by Crippen LogP contribution is 2.32. The van der Waals surface area contributed by atoms with E-state index in [9.17, 15) is 9.59 Å². The van der Waals surface area contributed by atoms with E-state index in [4.69, 9.17) is 4.42 Å². The number of carbonyl (C=O) groups excluding carboxylic acids is 2. The Morgan fingerprint density at radius 3 is 2.78 bits per heavy atom. The first-order valence-corrected chi connectivity index (χ1v) is 7.50. The number of amides is 2. The van der Waals surface area contributed by atoms with E-state index in [1.807, 2.05) is 30.3 Å². The number of nitrogens with one attached hydrogen (secondary N) is 1. The molecule has 1 aromatic carbocycles. The van der Waals surface area contributed by atoms with Crippen molar-refractivity contribution < 1.29 is 14.0 Å². The van der Waals surface area contributed by atoms with Crippen molar-refractivity contribution in [2.45, 2.75) is 25.9 Å². The number of hydrogen-bond acceptors (Lipinski definition) is 3. The standard InChI is InChI=1S/C18H18N2O3/c1-13(21)20-9-8-14-5-2-3-7-16(14)17(20)11-18(22)19-12-15-6-4-10-23-15/h2-10,17H,11-12H2,1H3,(H,19,22)/t17-/m0/s1. The average Bonchev–Trinajstić information content (AvgIpc) is 3.06. The smallest absolute Gasteiger partial charge is 0.223 e. The molecule has 2 amide bonds. The molecule has 1 atom stereocenters. The Bertz CT molecular complexity index is 734. The summed E-state index contributed by atoms with van der Waals surface area (Å²) in [6, 6.07) is 11.1. The third-order valence-electron chi connectivity index (χ3n) is 3.89. The van der Waals surface area contributed by atoms with Crippen molar-refractivity contribution in [3.05, 3.63) is 65.7 Å². The predicted molar refractivity (Wildman–Crippen MR) is 85.9 cm³/mol. The molecule has 1 N–H and O–H groups in total. The summed E-state index contributed by atoms with van der Waals surface area (Å²) >= 11 is 0. The highest BCUT2D eigenvalue weighted by atomic mass is 16.3. The summed E-state index contributed by atoms with van der Waals surface area (Å²) in [6.07, 6.45) is 5.42. The van der Waals surface area contributed by atoms with E-state index >= 15 is 0 Å². The maximum absolute atomic E-state index is 12.3. The van der Waals surface area contributed by atoms with Gasteiger partial charge in [0, 0.05) is 13.1 Å². The number of nitrogens with zero attached hydrogens (tertiary/aromatic N) is 1. The van der Waals surface area contributed by atoms with Crippen molar-refractivity contribution >= 4 is 17.9 Å². The lowest BCUT2D eigenvalue weighted by Crippen LogP contribution is -2.35. The molecule has 5 heteroatoms. The van der Waals surface area contributed by atoms with Gasteiger partial charge in [0.15, 0.2) is 0 Å². The number of carbonyl (C=O) groups is 2. The van der Waals surface area contributed by atoms with Gasteiger partial charge >= 0.3 is 0 Å². The topological polar surface area (TPSA) is 62.6 Å². The normalized spacial score (nSPS) is 16.0. The summed E-state index contributed by atoms with van der Waals surface area (Å²) < 4.78 is 5.20. The Labute approximate surface area is 134 Å². The van der Waals surface area contributed by atoms with Crippen LogP contribution in [0.4, 0.5) is 0 Å². The minimum absolute atomic E-state index is 0.0837. The molecule has 0 saturated carbocycles. The molecule has 1 aliphatic rings. The van der Waals surface area contributed by atoms with Gasteiger partial charge in [0.25, 0.3) is 0 Å². The second-order valence-corrected chi connectivity index (χ2v) is 5.45. The van der Waals surface area contributed by atoms with E-state index in [0.717, 1.165) is 11.1 Å². The van der Waals surface area contributed by atoms with Crippen LogP contribution in [0.2, 0.25) is 0 Å². The zero-order valence-corrected chi connectivity index (χ0v) is 12.9. The highest BCUT2D eigenvalue weighted by Gasteiger charge is 2.28. The molecule has 0 bridgehead atoms. The largest absolute Gasteiger partial charge is 0.467 e. The summed E-state index contributed by atoms with van der Waals surface area (Å²) in [5, 5.41) is 2.83. The molecule has 23 heavy (non-hydrogen) atoms. The molecule has 0 radical (unpaired) electrons. The highest BCUT2D eigenvalue weighted by molar-refractivity contribution is 5.81. The van der Waals surface area contributed by atoms with Crippen LogP contribution >= 0.6 is 0 Å². The second-order valence-electron chi connectivity index (χ2n) is 5.45. The molecular formula is C18H18N2O3. The van der Waals surface area contributed by atoms with Crippen molar-refractivity contribution in [1.29, 1.82) is 0 Å². The molecule has 1 aliphatic heterocycles. The van der Waals surface area contributed by atoms with Gasteiger partial charge in [-0.1, -0.05) is 24.3 Å². The van der Waals surface area contributed by atoms with Gasteiger partial charge < -0.3 is 14.6 Å². The van der Waals surface area contributed by atoms with Crippen LogP contribution in [0.15, 0.2) is 53.3 Å². The van der Waals surface area contributed by atoms with E-state index in [1.165, 1.54) is 6.92 Å². The third kappa shape index (κ3) is 3.34. The van der Waals surface area contributed by atoms with Crippen LogP contribution in [-0.4, -0.2) is 16.7 Å². The van der Waals surface area contributed by atoms with Crippen molar-refractivity contribution in [2.24, 2.45) is 0 Å². The molecular weight excluding hydrogens is 292 g/mol. The predicted octanol–water partition coefficient (Wildman–Crippen LogP) is 2.86. The maximum Gasteiger partial charge on any atom is 0.223 e. The van der Waals surface area contributed by atoms with E-state index in [2.05, 4.69) is 5.32 Å². The fraction of sp³-hybridized carbons (Fsp3) is 0.222. The van der Waals surface area contributed by atoms with Gasteiger partial charge in [-0.2, -0.15) is 0 Å². The number of hydrogen-bond donors (Lipinski definition) is 1. The maximum atomic E-state index is 12.3. The number of fused-ring (bicyclic) bond motifs is 1. The average molecular weight is 310 g/mol. The molecule has 0 saturated heterocycles. The van der Waals surface area contributed by atoms with Gasteiger partial charge in [0.1, 0.15) is 5.76 Å². The van der Waals surface area contributed by atoms with E-state index in [-0.39, 0.29) is 24.3 Å². The Hall–Kier alpha value is -2.82. The van der Waals surface area contributed by atoms with E-state index in [1.54, 1.807) is 29.5 Å². The molecule has 2 heterocycles. The fourth-order valence-corrected chi connectivity index (χ4v) is 2.76. The number of benzene rings is 1. The quantitative estimate of drug-likeness (QED) is 0.944. The Morgan fingerprint density at radius 1 is 1.22 bits per heavy atom. The van der Waals surface area contributed by atoms with Gasteiger partial charge in [-0.05, 0) is 29.3 Å². The number of rotatable bonds is 4. The van der Waals surface area contributed by atoms with Gasteiger partial charge in [-0.15, -0.1) is 0 Å². The Balaban J connectivity index is 1.74. The molecule has 0 fully saturated rings. The molecule has 3 rings (SSSR count). The minimum atomic E-state index is -0.287. The lowest BCUT2D eigenvalue weighted by Gasteiger charge is -2.32.